The third kappa shape index (κ3) is 5.85. The van der Waals surface area contributed by atoms with Crippen molar-refractivity contribution in [2.45, 2.75) is 0 Å². The number of hydrogen-bond acceptors (Lipinski definition) is 5. The largest absolute Gasteiger partial charge is 0.493 e. The number of amides is 1. The van der Waals surface area contributed by atoms with Gasteiger partial charge in [-0.3, -0.25) is 4.79 Å². The predicted molar refractivity (Wildman–Crippen MR) is 140 cm³/mol. The standard InChI is InChI=1S/C26H24ClF2N3O3S/c1-34-23-15-17(26(36)32-12-10-31(11-13-32)22-9-5-3-7-20(22)29)14-18(27)25(23)35-16-24(33)30-21-8-4-2-6-19(21)28/h2-9,14-15H,10-13,16H2,1H3,(H,30,33). The van der Waals surface area contributed by atoms with Gasteiger partial charge in [-0.1, -0.05) is 48.1 Å². The van der Waals surface area contributed by atoms with Crippen LogP contribution in [0, 0.1) is 11.6 Å². The van der Waals surface area contributed by atoms with Crippen molar-refractivity contribution in [1.29, 1.82) is 0 Å². The first-order chi connectivity index (χ1) is 17.4. The molecule has 0 spiro atoms. The number of carbonyl (C=O) groups is 1. The highest BCUT2D eigenvalue weighted by molar-refractivity contribution is 7.80. The van der Waals surface area contributed by atoms with Gasteiger partial charge in [0.25, 0.3) is 5.91 Å². The molecule has 0 aromatic heterocycles. The summed E-state index contributed by atoms with van der Waals surface area (Å²) in [7, 11) is 1.46. The molecule has 0 saturated carbocycles. The van der Waals surface area contributed by atoms with E-state index in [0.717, 1.165) is 0 Å². The van der Waals surface area contributed by atoms with Gasteiger partial charge in [-0.15, -0.1) is 0 Å². The number of carbonyl (C=O) groups excluding carboxylic acids is 1. The van der Waals surface area contributed by atoms with E-state index in [4.69, 9.17) is 33.3 Å². The molecule has 0 unspecified atom stereocenters. The van der Waals surface area contributed by atoms with Crippen molar-refractivity contribution in [2.24, 2.45) is 0 Å². The Kier molecular flexibility index (Phi) is 8.22. The van der Waals surface area contributed by atoms with Gasteiger partial charge >= 0.3 is 0 Å². The van der Waals surface area contributed by atoms with E-state index in [1.807, 2.05) is 15.9 Å². The molecule has 1 N–H and O–H groups in total. The number of para-hydroxylation sites is 2. The van der Waals surface area contributed by atoms with Crippen LogP contribution in [0.1, 0.15) is 5.56 Å². The Bertz CT molecular complexity index is 1270. The lowest BCUT2D eigenvalue weighted by Crippen LogP contribution is -2.48. The lowest BCUT2D eigenvalue weighted by molar-refractivity contribution is -0.118. The number of anilines is 2. The molecule has 188 valence electrons. The van der Waals surface area contributed by atoms with Crippen LogP contribution in [0.25, 0.3) is 0 Å². The van der Waals surface area contributed by atoms with Crippen molar-refractivity contribution in [1.82, 2.24) is 4.90 Å². The molecule has 0 radical (unpaired) electrons. The lowest BCUT2D eigenvalue weighted by Gasteiger charge is -2.37. The summed E-state index contributed by atoms with van der Waals surface area (Å²) in [4.78, 5) is 16.8. The van der Waals surface area contributed by atoms with Crippen LogP contribution >= 0.6 is 23.8 Å². The minimum absolute atomic E-state index is 0.0555. The van der Waals surface area contributed by atoms with Crippen LogP contribution in [0.5, 0.6) is 11.5 Å². The molecule has 1 saturated heterocycles. The topological polar surface area (TPSA) is 54.0 Å². The van der Waals surface area contributed by atoms with Crippen molar-refractivity contribution >= 4 is 46.1 Å². The van der Waals surface area contributed by atoms with Crippen molar-refractivity contribution in [3.8, 4) is 11.5 Å². The number of nitrogens with one attached hydrogen (secondary N) is 1. The molecular weight excluding hydrogens is 508 g/mol. The second-order valence-corrected chi connectivity index (χ2v) is 8.83. The zero-order valence-corrected chi connectivity index (χ0v) is 21.0. The fourth-order valence-electron chi connectivity index (χ4n) is 3.91. The maximum absolute atomic E-state index is 14.1. The van der Waals surface area contributed by atoms with E-state index in [2.05, 4.69) is 5.32 Å². The molecule has 1 fully saturated rings. The van der Waals surface area contributed by atoms with Crippen LogP contribution < -0.4 is 19.7 Å². The van der Waals surface area contributed by atoms with E-state index in [1.54, 1.807) is 30.3 Å². The molecule has 10 heteroatoms. The van der Waals surface area contributed by atoms with Crippen LogP contribution in [0.4, 0.5) is 20.2 Å². The van der Waals surface area contributed by atoms with Crippen LogP contribution in [-0.2, 0) is 4.79 Å². The molecule has 0 atom stereocenters. The first-order valence-electron chi connectivity index (χ1n) is 11.2. The second-order valence-electron chi connectivity index (χ2n) is 8.04. The molecule has 36 heavy (non-hydrogen) atoms. The van der Waals surface area contributed by atoms with Crippen molar-refractivity contribution in [2.75, 3.05) is 50.1 Å². The van der Waals surface area contributed by atoms with E-state index in [1.165, 1.54) is 31.4 Å². The first-order valence-corrected chi connectivity index (χ1v) is 12.0. The number of rotatable bonds is 7. The third-order valence-electron chi connectivity index (χ3n) is 5.73. The lowest BCUT2D eigenvalue weighted by atomic mass is 10.1. The number of piperazine rings is 1. The number of thiocarbonyl (C=S) groups is 1. The maximum Gasteiger partial charge on any atom is 0.262 e. The van der Waals surface area contributed by atoms with Gasteiger partial charge in [0, 0.05) is 31.7 Å². The van der Waals surface area contributed by atoms with E-state index >= 15 is 0 Å². The molecule has 0 aliphatic carbocycles. The van der Waals surface area contributed by atoms with E-state index in [0.29, 0.717) is 48.2 Å². The van der Waals surface area contributed by atoms with Gasteiger partial charge in [0.15, 0.2) is 18.1 Å². The van der Waals surface area contributed by atoms with Crippen LogP contribution in [-0.4, -0.2) is 55.7 Å². The molecule has 1 aliphatic rings. The summed E-state index contributed by atoms with van der Waals surface area (Å²) >= 11 is 12.2. The highest BCUT2D eigenvalue weighted by atomic mass is 35.5. The minimum Gasteiger partial charge on any atom is -0.493 e. The Morgan fingerprint density at radius 3 is 2.36 bits per heavy atom. The third-order valence-corrected chi connectivity index (χ3v) is 6.51. The molecule has 0 bridgehead atoms. The SMILES string of the molecule is COc1cc(C(=S)N2CCN(c3ccccc3F)CC2)cc(Cl)c1OCC(=O)Nc1ccccc1F. The fourth-order valence-corrected chi connectivity index (χ4v) is 4.48. The molecular formula is C26H24ClF2N3O3S. The average molecular weight is 532 g/mol. The Hall–Kier alpha value is -3.43. The Labute approximate surface area is 218 Å². The zero-order valence-electron chi connectivity index (χ0n) is 19.5. The predicted octanol–water partition coefficient (Wildman–Crippen LogP) is 5.14. The van der Waals surface area contributed by atoms with Crippen molar-refractivity contribution in [3.63, 3.8) is 0 Å². The van der Waals surface area contributed by atoms with Crippen LogP contribution in [0.2, 0.25) is 5.02 Å². The van der Waals surface area contributed by atoms with E-state index < -0.39 is 18.3 Å². The van der Waals surface area contributed by atoms with Gasteiger partial charge in [-0.05, 0) is 36.4 Å². The smallest absolute Gasteiger partial charge is 0.262 e. The van der Waals surface area contributed by atoms with Gasteiger partial charge in [-0.2, -0.15) is 0 Å². The summed E-state index contributed by atoms with van der Waals surface area (Å²) < 4.78 is 38.9. The Balaban J connectivity index is 1.40. The van der Waals surface area contributed by atoms with Crippen molar-refractivity contribution < 1.29 is 23.0 Å². The van der Waals surface area contributed by atoms with Crippen LogP contribution in [0.3, 0.4) is 0 Å². The summed E-state index contributed by atoms with van der Waals surface area (Å²) in [6.45, 7) is 2.06. The van der Waals surface area contributed by atoms with E-state index in [-0.39, 0.29) is 22.3 Å². The molecule has 3 aromatic rings. The number of ether oxygens (including phenoxy) is 2. The first kappa shape index (κ1) is 25.7. The summed E-state index contributed by atoms with van der Waals surface area (Å²) in [6, 6.07) is 15.9. The quantitative estimate of drug-likeness (QED) is 0.426. The Morgan fingerprint density at radius 1 is 1.03 bits per heavy atom. The maximum atomic E-state index is 14.1. The second kappa shape index (κ2) is 11.5. The highest BCUT2D eigenvalue weighted by Gasteiger charge is 2.23. The molecule has 6 nitrogen and oxygen atoms in total. The van der Waals surface area contributed by atoms with Crippen molar-refractivity contribution in [3.05, 3.63) is 82.9 Å². The normalized spacial score (nSPS) is 13.3. The molecule has 1 heterocycles. The number of methoxy groups -OCH3 is 1. The van der Waals surface area contributed by atoms with E-state index in [9.17, 15) is 13.6 Å². The monoisotopic (exact) mass is 531 g/mol. The molecule has 1 aliphatic heterocycles. The van der Waals surface area contributed by atoms with Gasteiger partial charge in [0.05, 0.1) is 23.5 Å². The summed E-state index contributed by atoms with van der Waals surface area (Å²) in [5.41, 5.74) is 1.29. The zero-order chi connectivity index (χ0) is 25.7. The number of benzene rings is 3. The van der Waals surface area contributed by atoms with Gasteiger partial charge in [0.1, 0.15) is 16.6 Å². The number of halogens is 3. The number of hydrogen-bond donors (Lipinski definition) is 1. The number of nitrogens with zero attached hydrogens (tertiary/aromatic N) is 2. The average Bonchev–Trinajstić information content (AvgIpc) is 2.89. The highest BCUT2D eigenvalue weighted by Crippen LogP contribution is 2.37. The molecule has 1 amide bonds. The summed E-state index contributed by atoms with van der Waals surface area (Å²) in [5.74, 6) is -0.856. The van der Waals surface area contributed by atoms with Crippen LogP contribution in [0.15, 0.2) is 60.7 Å². The molecule has 3 aromatic carbocycles. The van der Waals surface area contributed by atoms with Gasteiger partial charge < -0.3 is 24.6 Å². The molecule has 4 rings (SSSR count). The summed E-state index contributed by atoms with van der Waals surface area (Å²) in [5, 5.41) is 2.67. The fraction of sp³-hybridized carbons (Fsp3) is 0.231. The van der Waals surface area contributed by atoms with Gasteiger partial charge in [-0.25, -0.2) is 8.78 Å². The summed E-state index contributed by atoms with van der Waals surface area (Å²) in [6.07, 6.45) is 0. The minimum atomic E-state index is -0.550. The van der Waals surface area contributed by atoms with Gasteiger partial charge in [0.2, 0.25) is 0 Å². The Morgan fingerprint density at radius 2 is 1.69 bits per heavy atom.